The Kier molecular flexibility index (Phi) is 5.05. The largest absolute Gasteiger partial charge is 0.340 e. The second kappa shape index (κ2) is 7.68. The van der Waals surface area contributed by atoms with Crippen LogP contribution in [0.2, 0.25) is 0 Å². The number of rotatable bonds is 5. The van der Waals surface area contributed by atoms with Crippen molar-refractivity contribution in [2.24, 2.45) is 7.05 Å². The van der Waals surface area contributed by atoms with Crippen LogP contribution in [0.1, 0.15) is 16.1 Å². The third-order valence-electron chi connectivity index (χ3n) is 4.98. The molecule has 0 fully saturated rings. The summed E-state index contributed by atoms with van der Waals surface area (Å²) in [5.41, 5.74) is 3.14. The van der Waals surface area contributed by atoms with Gasteiger partial charge < -0.3 is 9.88 Å². The van der Waals surface area contributed by atoms with E-state index in [0.717, 1.165) is 16.5 Å². The number of nitrogens with zero attached hydrogens (tertiary/aromatic N) is 1. The summed E-state index contributed by atoms with van der Waals surface area (Å²) in [7, 11) is -1.88. The van der Waals surface area contributed by atoms with E-state index in [1.54, 1.807) is 43.3 Å². The van der Waals surface area contributed by atoms with Gasteiger partial charge in [0.05, 0.1) is 10.6 Å². The molecule has 30 heavy (non-hydrogen) atoms. The zero-order valence-electron chi connectivity index (χ0n) is 16.6. The van der Waals surface area contributed by atoms with Gasteiger partial charge in [0.15, 0.2) is 0 Å². The number of fused-ring (bicyclic) bond motifs is 1. The second-order valence-electron chi connectivity index (χ2n) is 7.05. The summed E-state index contributed by atoms with van der Waals surface area (Å²) in [6.45, 7) is 1.80. The number of aryl methyl sites for hydroxylation is 2. The first-order valence-electron chi connectivity index (χ1n) is 9.39. The van der Waals surface area contributed by atoms with Gasteiger partial charge in [-0.05, 0) is 48.9 Å². The van der Waals surface area contributed by atoms with Crippen LogP contribution >= 0.6 is 0 Å². The number of carbonyl (C=O) groups excluding carboxylic acids is 1. The number of benzene rings is 3. The Bertz CT molecular complexity index is 1340. The van der Waals surface area contributed by atoms with E-state index in [0.29, 0.717) is 17.1 Å². The zero-order chi connectivity index (χ0) is 21.3. The number of sulfonamides is 1. The Labute approximate surface area is 175 Å². The van der Waals surface area contributed by atoms with Crippen molar-refractivity contribution in [1.29, 1.82) is 0 Å². The van der Waals surface area contributed by atoms with Gasteiger partial charge in [0.25, 0.3) is 15.9 Å². The van der Waals surface area contributed by atoms with Crippen molar-refractivity contribution in [2.45, 2.75) is 11.8 Å². The normalized spacial score (nSPS) is 11.4. The van der Waals surface area contributed by atoms with Gasteiger partial charge in [-0.25, -0.2) is 8.42 Å². The van der Waals surface area contributed by atoms with Gasteiger partial charge in [0, 0.05) is 23.6 Å². The molecule has 6 nitrogen and oxygen atoms in total. The van der Waals surface area contributed by atoms with Crippen molar-refractivity contribution in [2.75, 3.05) is 10.0 Å². The highest BCUT2D eigenvalue weighted by atomic mass is 32.2. The van der Waals surface area contributed by atoms with E-state index in [4.69, 9.17) is 0 Å². The standard InChI is InChI=1S/C23H21N3O3S/c1-16-12-13-18(15-20(16)25-30(28,29)19-9-4-3-5-10-19)24-23(27)22-14-17-8-6-7-11-21(17)26(22)2/h3-15,25H,1-2H3,(H,24,27). The van der Waals surface area contributed by atoms with Gasteiger partial charge in [-0.2, -0.15) is 0 Å². The van der Waals surface area contributed by atoms with Crippen LogP contribution in [0.3, 0.4) is 0 Å². The molecule has 1 amide bonds. The molecule has 0 spiro atoms. The lowest BCUT2D eigenvalue weighted by molar-refractivity contribution is 0.101. The van der Waals surface area contributed by atoms with Crippen molar-refractivity contribution in [3.8, 4) is 0 Å². The highest BCUT2D eigenvalue weighted by molar-refractivity contribution is 7.92. The molecule has 0 unspecified atom stereocenters. The molecule has 1 heterocycles. The topological polar surface area (TPSA) is 80.2 Å². The molecular formula is C23H21N3O3S. The molecule has 2 N–H and O–H groups in total. The van der Waals surface area contributed by atoms with Gasteiger partial charge in [0.2, 0.25) is 0 Å². The Morgan fingerprint density at radius 1 is 0.900 bits per heavy atom. The third kappa shape index (κ3) is 3.79. The van der Waals surface area contributed by atoms with Crippen molar-refractivity contribution in [1.82, 2.24) is 4.57 Å². The van der Waals surface area contributed by atoms with Crippen LogP contribution in [0, 0.1) is 6.92 Å². The molecule has 0 saturated heterocycles. The molecule has 0 bridgehead atoms. The van der Waals surface area contributed by atoms with Crippen LogP contribution in [0.5, 0.6) is 0 Å². The quantitative estimate of drug-likeness (QED) is 0.498. The maximum Gasteiger partial charge on any atom is 0.272 e. The number of aromatic nitrogens is 1. The molecule has 4 aromatic rings. The lowest BCUT2D eigenvalue weighted by Crippen LogP contribution is -2.17. The molecular weight excluding hydrogens is 398 g/mol. The Morgan fingerprint density at radius 3 is 2.33 bits per heavy atom. The second-order valence-corrected chi connectivity index (χ2v) is 8.73. The SMILES string of the molecule is Cc1ccc(NC(=O)c2cc3ccccc3n2C)cc1NS(=O)(=O)c1ccccc1. The number of hydrogen-bond donors (Lipinski definition) is 2. The molecule has 0 radical (unpaired) electrons. The van der Waals surface area contributed by atoms with Crippen LogP contribution in [-0.2, 0) is 17.1 Å². The molecule has 152 valence electrons. The summed E-state index contributed by atoms with van der Waals surface area (Å²) in [5, 5.41) is 3.84. The smallest absolute Gasteiger partial charge is 0.272 e. The van der Waals surface area contributed by atoms with E-state index in [1.165, 1.54) is 12.1 Å². The predicted octanol–water partition coefficient (Wildman–Crippen LogP) is 4.54. The molecule has 0 aliphatic carbocycles. The van der Waals surface area contributed by atoms with Crippen LogP contribution in [0.15, 0.2) is 83.8 Å². The van der Waals surface area contributed by atoms with Gasteiger partial charge in [0.1, 0.15) is 5.69 Å². The monoisotopic (exact) mass is 419 g/mol. The van der Waals surface area contributed by atoms with Crippen LogP contribution in [0.25, 0.3) is 10.9 Å². The fraction of sp³-hybridized carbons (Fsp3) is 0.0870. The van der Waals surface area contributed by atoms with E-state index < -0.39 is 10.0 Å². The summed E-state index contributed by atoms with van der Waals surface area (Å²) >= 11 is 0. The molecule has 3 aromatic carbocycles. The van der Waals surface area contributed by atoms with Crippen LogP contribution in [-0.4, -0.2) is 18.9 Å². The first kappa shape index (κ1) is 19.7. The third-order valence-corrected chi connectivity index (χ3v) is 6.36. The highest BCUT2D eigenvalue weighted by Gasteiger charge is 2.17. The Hall–Kier alpha value is -3.58. The lowest BCUT2D eigenvalue weighted by atomic mass is 10.2. The number of hydrogen-bond acceptors (Lipinski definition) is 3. The summed E-state index contributed by atoms with van der Waals surface area (Å²) in [6.07, 6.45) is 0. The Morgan fingerprint density at radius 2 is 1.60 bits per heavy atom. The van der Waals surface area contributed by atoms with E-state index >= 15 is 0 Å². The highest BCUT2D eigenvalue weighted by Crippen LogP contribution is 2.25. The van der Waals surface area contributed by atoms with E-state index in [2.05, 4.69) is 10.0 Å². The molecule has 1 aromatic heterocycles. The summed E-state index contributed by atoms with van der Waals surface area (Å²) in [4.78, 5) is 13.0. The molecule has 0 aliphatic rings. The maximum absolute atomic E-state index is 12.8. The van der Waals surface area contributed by atoms with E-state index in [9.17, 15) is 13.2 Å². The van der Waals surface area contributed by atoms with Gasteiger partial charge in [-0.15, -0.1) is 0 Å². The van der Waals surface area contributed by atoms with Crippen molar-refractivity contribution in [3.63, 3.8) is 0 Å². The van der Waals surface area contributed by atoms with E-state index in [1.807, 2.05) is 41.9 Å². The lowest BCUT2D eigenvalue weighted by Gasteiger charge is -2.13. The first-order valence-corrected chi connectivity index (χ1v) is 10.9. The number of nitrogens with one attached hydrogen (secondary N) is 2. The van der Waals surface area contributed by atoms with Crippen LogP contribution in [0.4, 0.5) is 11.4 Å². The average molecular weight is 420 g/mol. The fourth-order valence-electron chi connectivity index (χ4n) is 3.31. The predicted molar refractivity (Wildman–Crippen MR) is 119 cm³/mol. The van der Waals surface area contributed by atoms with Gasteiger partial charge in [-0.1, -0.05) is 42.5 Å². The fourth-order valence-corrected chi connectivity index (χ4v) is 4.46. The molecule has 4 rings (SSSR count). The minimum absolute atomic E-state index is 0.175. The van der Waals surface area contributed by atoms with Crippen LogP contribution < -0.4 is 10.0 Å². The van der Waals surface area contributed by atoms with Gasteiger partial charge >= 0.3 is 0 Å². The van der Waals surface area contributed by atoms with E-state index in [-0.39, 0.29) is 10.8 Å². The summed E-state index contributed by atoms with van der Waals surface area (Å²) in [5.74, 6) is -0.269. The minimum Gasteiger partial charge on any atom is -0.340 e. The molecule has 0 atom stereocenters. The minimum atomic E-state index is -3.72. The molecule has 7 heteroatoms. The van der Waals surface area contributed by atoms with Crippen molar-refractivity contribution < 1.29 is 13.2 Å². The molecule has 0 aliphatic heterocycles. The average Bonchev–Trinajstić information content (AvgIpc) is 3.08. The molecule has 0 saturated carbocycles. The van der Waals surface area contributed by atoms with Crippen molar-refractivity contribution >= 4 is 38.2 Å². The van der Waals surface area contributed by atoms with Gasteiger partial charge in [-0.3, -0.25) is 9.52 Å². The number of carbonyl (C=O) groups is 1. The number of para-hydroxylation sites is 1. The Balaban J connectivity index is 1.60. The number of anilines is 2. The maximum atomic E-state index is 12.8. The summed E-state index contributed by atoms with van der Waals surface area (Å²) < 4.78 is 29.7. The zero-order valence-corrected chi connectivity index (χ0v) is 17.4. The number of amides is 1. The first-order chi connectivity index (χ1) is 14.3. The summed E-state index contributed by atoms with van der Waals surface area (Å²) in [6, 6.07) is 22.9. The van der Waals surface area contributed by atoms with Crippen molar-refractivity contribution in [3.05, 3.63) is 90.1 Å².